The Morgan fingerprint density at radius 3 is 2.17 bits per heavy atom. The van der Waals surface area contributed by atoms with E-state index in [0.717, 1.165) is 0 Å². The standard InChI is InChI=1S/C11H16NO5P/c1-7(18(15,16)17)9(10(12)11(13)14)8-5-3-2-4-6-8/h2-7,9-10H,12H2,1H3,(H,13,14)(H2,15,16,17)/t7-,9-,10-/m0/s1. The topological polar surface area (TPSA) is 121 Å². The fraction of sp³-hybridized carbons (Fsp3) is 0.364. The molecule has 100 valence electrons. The van der Waals surface area contributed by atoms with E-state index >= 15 is 0 Å². The minimum absolute atomic E-state index is 0.503. The number of carbonyl (C=O) groups is 1. The molecule has 1 aromatic carbocycles. The third kappa shape index (κ3) is 3.40. The lowest BCUT2D eigenvalue weighted by Crippen LogP contribution is -2.41. The van der Waals surface area contributed by atoms with Crippen LogP contribution in [0.5, 0.6) is 0 Å². The van der Waals surface area contributed by atoms with Crippen molar-refractivity contribution in [1.29, 1.82) is 0 Å². The quantitative estimate of drug-likeness (QED) is 0.587. The Hall–Kier alpha value is -1.20. The number of nitrogens with two attached hydrogens (primary N) is 1. The fourth-order valence-electron chi connectivity index (χ4n) is 1.82. The van der Waals surface area contributed by atoms with Gasteiger partial charge >= 0.3 is 13.6 Å². The first-order valence-electron chi connectivity index (χ1n) is 5.33. The van der Waals surface area contributed by atoms with Gasteiger partial charge in [-0.3, -0.25) is 9.36 Å². The van der Waals surface area contributed by atoms with Crippen molar-refractivity contribution in [3.05, 3.63) is 35.9 Å². The zero-order valence-corrected chi connectivity index (χ0v) is 10.7. The smallest absolute Gasteiger partial charge is 0.329 e. The maximum absolute atomic E-state index is 11.3. The molecule has 0 bridgehead atoms. The van der Waals surface area contributed by atoms with E-state index in [2.05, 4.69) is 0 Å². The zero-order valence-electron chi connectivity index (χ0n) is 9.80. The van der Waals surface area contributed by atoms with E-state index in [1.807, 2.05) is 0 Å². The van der Waals surface area contributed by atoms with Gasteiger partial charge in [-0.1, -0.05) is 37.3 Å². The van der Waals surface area contributed by atoms with E-state index in [0.29, 0.717) is 5.56 Å². The monoisotopic (exact) mass is 273 g/mol. The number of carboxylic acids is 1. The van der Waals surface area contributed by atoms with Crippen molar-refractivity contribution in [3.63, 3.8) is 0 Å². The number of rotatable bonds is 5. The first-order valence-corrected chi connectivity index (χ1v) is 7.02. The molecule has 0 amide bonds. The predicted octanol–water partition coefficient (Wildman–Crippen LogP) is 0.748. The van der Waals surface area contributed by atoms with Crippen LogP contribution in [-0.2, 0) is 9.36 Å². The molecule has 6 nitrogen and oxygen atoms in total. The molecular formula is C11H16NO5P. The lowest BCUT2D eigenvalue weighted by atomic mass is 9.89. The summed E-state index contributed by atoms with van der Waals surface area (Å²) in [7, 11) is -4.42. The highest BCUT2D eigenvalue weighted by Gasteiger charge is 2.39. The largest absolute Gasteiger partial charge is 0.480 e. The van der Waals surface area contributed by atoms with E-state index in [1.54, 1.807) is 30.3 Å². The molecule has 0 aliphatic rings. The Kier molecular flexibility index (Phi) is 4.65. The Bertz CT molecular complexity index is 458. The van der Waals surface area contributed by atoms with Gasteiger partial charge in [-0.2, -0.15) is 0 Å². The second-order valence-electron chi connectivity index (χ2n) is 4.13. The van der Waals surface area contributed by atoms with Crippen molar-refractivity contribution >= 4 is 13.6 Å². The highest BCUT2D eigenvalue weighted by atomic mass is 31.2. The molecular weight excluding hydrogens is 257 g/mol. The summed E-state index contributed by atoms with van der Waals surface area (Å²) in [6, 6.07) is 6.93. The van der Waals surface area contributed by atoms with Crippen LogP contribution in [0.15, 0.2) is 30.3 Å². The van der Waals surface area contributed by atoms with Gasteiger partial charge in [-0.15, -0.1) is 0 Å². The molecule has 0 aliphatic carbocycles. The number of hydrogen-bond acceptors (Lipinski definition) is 3. The van der Waals surface area contributed by atoms with Gasteiger partial charge in [0, 0.05) is 5.92 Å². The summed E-state index contributed by atoms with van der Waals surface area (Å²) in [6.07, 6.45) is 0. The maximum Gasteiger partial charge on any atom is 0.329 e. The summed E-state index contributed by atoms with van der Waals surface area (Å²) >= 11 is 0. The molecule has 0 heterocycles. The number of aliphatic carboxylic acids is 1. The van der Waals surface area contributed by atoms with Crippen molar-refractivity contribution in [3.8, 4) is 0 Å². The van der Waals surface area contributed by atoms with Gasteiger partial charge in [0.25, 0.3) is 0 Å². The third-order valence-corrected chi connectivity index (χ3v) is 4.29. The summed E-state index contributed by atoms with van der Waals surface area (Å²) in [4.78, 5) is 29.4. The first-order chi connectivity index (χ1) is 8.25. The van der Waals surface area contributed by atoms with Crippen LogP contribution in [0.3, 0.4) is 0 Å². The molecule has 0 saturated carbocycles. The Balaban J connectivity index is 3.19. The van der Waals surface area contributed by atoms with Gasteiger partial charge in [-0.05, 0) is 5.56 Å². The summed E-state index contributed by atoms with van der Waals surface area (Å²) in [5.74, 6) is -2.23. The summed E-state index contributed by atoms with van der Waals surface area (Å²) in [5.41, 5.74) is 4.89. The molecule has 1 rings (SSSR count). The van der Waals surface area contributed by atoms with Crippen molar-refractivity contribution in [2.24, 2.45) is 5.73 Å². The van der Waals surface area contributed by atoms with Crippen LogP contribution in [0, 0.1) is 0 Å². The molecule has 3 atom stereocenters. The SMILES string of the molecule is C[C@@H]([C@@H](c1ccccc1)[C@H](N)C(=O)O)P(=O)(O)O. The molecule has 0 aromatic heterocycles. The molecule has 0 aliphatic heterocycles. The maximum atomic E-state index is 11.3. The molecule has 0 radical (unpaired) electrons. The number of carboxylic acid groups (broad SMARTS) is 1. The normalized spacial score (nSPS) is 16.9. The van der Waals surface area contributed by atoms with E-state index in [9.17, 15) is 19.1 Å². The highest BCUT2D eigenvalue weighted by Crippen LogP contribution is 2.48. The Morgan fingerprint density at radius 2 is 1.78 bits per heavy atom. The fourth-order valence-corrected chi connectivity index (χ4v) is 2.60. The van der Waals surface area contributed by atoms with Crippen LogP contribution in [0.1, 0.15) is 18.4 Å². The Morgan fingerprint density at radius 1 is 1.28 bits per heavy atom. The molecule has 18 heavy (non-hydrogen) atoms. The van der Waals surface area contributed by atoms with Gasteiger partial charge in [0.1, 0.15) is 6.04 Å². The van der Waals surface area contributed by atoms with Crippen LogP contribution in [0.2, 0.25) is 0 Å². The molecule has 0 saturated heterocycles. The van der Waals surface area contributed by atoms with Crippen LogP contribution in [0.4, 0.5) is 0 Å². The predicted molar refractivity (Wildman–Crippen MR) is 66.3 cm³/mol. The average molecular weight is 273 g/mol. The molecule has 0 spiro atoms. The van der Waals surface area contributed by atoms with Crippen LogP contribution < -0.4 is 5.73 Å². The van der Waals surface area contributed by atoms with Gasteiger partial charge in [0.05, 0.1) is 5.66 Å². The molecule has 0 unspecified atom stereocenters. The van der Waals surface area contributed by atoms with Crippen molar-refractivity contribution in [2.45, 2.75) is 24.5 Å². The third-order valence-electron chi connectivity index (χ3n) is 2.91. The van der Waals surface area contributed by atoms with Gasteiger partial charge in [0.2, 0.25) is 0 Å². The van der Waals surface area contributed by atoms with E-state index < -0.39 is 31.2 Å². The second-order valence-corrected chi connectivity index (χ2v) is 6.12. The lowest BCUT2D eigenvalue weighted by molar-refractivity contribution is -0.139. The number of benzene rings is 1. The molecule has 1 aromatic rings. The average Bonchev–Trinajstić information content (AvgIpc) is 2.29. The van der Waals surface area contributed by atoms with Crippen molar-refractivity contribution < 1.29 is 24.3 Å². The van der Waals surface area contributed by atoms with E-state index in [-0.39, 0.29) is 0 Å². The van der Waals surface area contributed by atoms with Gasteiger partial charge < -0.3 is 20.6 Å². The second kappa shape index (κ2) is 5.63. The van der Waals surface area contributed by atoms with Gasteiger partial charge in [-0.25, -0.2) is 0 Å². The van der Waals surface area contributed by atoms with E-state index in [4.69, 9.17) is 10.8 Å². The Labute approximate surface area is 105 Å². The number of hydrogen-bond donors (Lipinski definition) is 4. The van der Waals surface area contributed by atoms with Crippen LogP contribution in [-0.4, -0.2) is 32.6 Å². The zero-order chi connectivity index (χ0) is 13.9. The van der Waals surface area contributed by atoms with E-state index in [1.165, 1.54) is 6.92 Å². The summed E-state index contributed by atoms with van der Waals surface area (Å²) < 4.78 is 11.3. The molecule has 0 fully saturated rings. The van der Waals surface area contributed by atoms with Crippen molar-refractivity contribution in [1.82, 2.24) is 0 Å². The summed E-state index contributed by atoms with van der Waals surface area (Å²) in [5, 5.41) is 8.95. The van der Waals surface area contributed by atoms with Crippen LogP contribution >= 0.6 is 7.60 Å². The van der Waals surface area contributed by atoms with Crippen molar-refractivity contribution in [2.75, 3.05) is 0 Å². The van der Waals surface area contributed by atoms with Gasteiger partial charge in [0.15, 0.2) is 0 Å². The first kappa shape index (κ1) is 14.9. The van der Waals surface area contributed by atoms with Crippen LogP contribution in [0.25, 0.3) is 0 Å². The lowest BCUT2D eigenvalue weighted by Gasteiger charge is -2.28. The molecule has 5 N–H and O–H groups in total. The molecule has 7 heteroatoms. The highest BCUT2D eigenvalue weighted by molar-refractivity contribution is 7.52. The minimum Gasteiger partial charge on any atom is -0.480 e. The minimum atomic E-state index is -4.42. The summed E-state index contributed by atoms with van der Waals surface area (Å²) in [6.45, 7) is 1.31.